The number of ether oxygens (including phenoxy) is 2. The van der Waals surface area contributed by atoms with E-state index < -0.39 is 11.7 Å². The molecule has 0 atom stereocenters. The van der Waals surface area contributed by atoms with Gasteiger partial charge in [-0.15, -0.1) is 0 Å². The van der Waals surface area contributed by atoms with E-state index in [1.807, 2.05) is 0 Å². The summed E-state index contributed by atoms with van der Waals surface area (Å²) >= 11 is 0. The van der Waals surface area contributed by atoms with Crippen molar-refractivity contribution in [2.45, 2.75) is 26.4 Å². The fourth-order valence-electron chi connectivity index (χ4n) is 1.76. The standard InChI is InChI=1S/C18H18N2O3/c1-18(2,3)23-17(21)20-14-6-10-16(11-7-14)22-15-8-4-13(12-19)5-9-15/h4-11H,1-3H3,(H,20,21). The third kappa shape index (κ3) is 5.36. The van der Waals surface area contributed by atoms with Crippen LogP contribution >= 0.6 is 0 Å². The Morgan fingerprint density at radius 1 is 1.00 bits per heavy atom. The Morgan fingerprint density at radius 3 is 2.00 bits per heavy atom. The van der Waals surface area contributed by atoms with Gasteiger partial charge in [0.1, 0.15) is 17.1 Å². The van der Waals surface area contributed by atoms with E-state index in [4.69, 9.17) is 14.7 Å². The van der Waals surface area contributed by atoms with Crippen molar-refractivity contribution in [2.24, 2.45) is 0 Å². The maximum atomic E-state index is 11.7. The highest BCUT2D eigenvalue weighted by molar-refractivity contribution is 5.84. The zero-order valence-electron chi connectivity index (χ0n) is 13.3. The molecular formula is C18H18N2O3. The monoisotopic (exact) mass is 310 g/mol. The maximum absolute atomic E-state index is 11.7. The third-order valence-electron chi connectivity index (χ3n) is 2.72. The molecular weight excluding hydrogens is 292 g/mol. The normalized spacial score (nSPS) is 10.5. The number of hydrogen-bond donors (Lipinski definition) is 1. The van der Waals surface area contributed by atoms with Crippen molar-refractivity contribution in [1.82, 2.24) is 0 Å². The predicted molar refractivity (Wildman–Crippen MR) is 87.5 cm³/mol. The Labute approximate surface area is 135 Å². The van der Waals surface area contributed by atoms with Crippen LogP contribution in [0.25, 0.3) is 0 Å². The highest BCUT2D eigenvalue weighted by Crippen LogP contribution is 2.23. The van der Waals surface area contributed by atoms with Crippen molar-refractivity contribution < 1.29 is 14.3 Å². The van der Waals surface area contributed by atoms with E-state index in [-0.39, 0.29) is 0 Å². The van der Waals surface area contributed by atoms with Crippen LogP contribution in [-0.2, 0) is 4.74 Å². The predicted octanol–water partition coefficient (Wildman–Crippen LogP) is 4.70. The Hall–Kier alpha value is -3.00. The number of carbonyl (C=O) groups excluding carboxylic acids is 1. The summed E-state index contributed by atoms with van der Waals surface area (Å²) in [5.41, 5.74) is 0.656. The first-order valence-electron chi connectivity index (χ1n) is 7.14. The molecule has 2 aromatic rings. The smallest absolute Gasteiger partial charge is 0.412 e. The van der Waals surface area contributed by atoms with Gasteiger partial charge in [0, 0.05) is 5.69 Å². The first-order valence-corrected chi connectivity index (χ1v) is 7.14. The summed E-state index contributed by atoms with van der Waals surface area (Å²) in [4.78, 5) is 11.7. The number of nitrogens with one attached hydrogen (secondary N) is 1. The summed E-state index contributed by atoms with van der Waals surface area (Å²) in [6.07, 6.45) is -0.502. The Kier molecular flexibility index (Phi) is 4.87. The summed E-state index contributed by atoms with van der Waals surface area (Å²) in [6, 6.07) is 15.8. The van der Waals surface area contributed by atoms with Gasteiger partial charge in [-0.25, -0.2) is 4.79 Å². The SMILES string of the molecule is CC(C)(C)OC(=O)Nc1ccc(Oc2ccc(C#N)cc2)cc1. The average molecular weight is 310 g/mol. The Morgan fingerprint density at radius 2 is 1.52 bits per heavy atom. The van der Waals surface area contributed by atoms with Gasteiger partial charge in [0.05, 0.1) is 11.6 Å². The lowest BCUT2D eigenvalue weighted by molar-refractivity contribution is 0.0636. The second-order valence-electron chi connectivity index (χ2n) is 5.89. The molecule has 0 unspecified atom stereocenters. The Balaban J connectivity index is 1.96. The minimum absolute atomic E-state index is 0.502. The number of anilines is 1. The topological polar surface area (TPSA) is 71.3 Å². The molecule has 5 heteroatoms. The molecule has 0 spiro atoms. The molecule has 0 aliphatic heterocycles. The van der Waals surface area contributed by atoms with E-state index in [9.17, 15) is 4.79 Å². The van der Waals surface area contributed by atoms with Gasteiger partial charge in [-0.1, -0.05) is 0 Å². The first kappa shape index (κ1) is 16.4. The summed E-state index contributed by atoms with van der Waals surface area (Å²) in [5.74, 6) is 1.27. The van der Waals surface area contributed by atoms with Crippen molar-refractivity contribution in [3.8, 4) is 17.6 Å². The van der Waals surface area contributed by atoms with Crippen LogP contribution in [0.1, 0.15) is 26.3 Å². The van der Waals surface area contributed by atoms with Gasteiger partial charge in [0.15, 0.2) is 0 Å². The van der Waals surface area contributed by atoms with Crippen molar-refractivity contribution in [1.29, 1.82) is 5.26 Å². The molecule has 0 heterocycles. The summed E-state index contributed by atoms with van der Waals surface area (Å²) in [7, 11) is 0. The quantitative estimate of drug-likeness (QED) is 0.892. The number of hydrogen-bond acceptors (Lipinski definition) is 4. The maximum Gasteiger partial charge on any atom is 0.412 e. The zero-order valence-corrected chi connectivity index (χ0v) is 13.3. The molecule has 0 radical (unpaired) electrons. The largest absolute Gasteiger partial charge is 0.457 e. The van der Waals surface area contributed by atoms with Crippen LogP contribution in [0.5, 0.6) is 11.5 Å². The Bertz CT molecular complexity index is 708. The van der Waals surface area contributed by atoms with E-state index in [1.54, 1.807) is 69.3 Å². The number of carbonyl (C=O) groups is 1. The van der Waals surface area contributed by atoms with Crippen molar-refractivity contribution >= 4 is 11.8 Å². The molecule has 0 aliphatic rings. The van der Waals surface area contributed by atoms with Gasteiger partial charge in [-0.2, -0.15) is 5.26 Å². The fraction of sp³-hybridized carbons (Fsp3) is 0.222. The lowest BCUT2D eigenvalue weighted by atomic mass is 10.2. The van der Waals surface area contributed by atoms with Gasteiger partial charge >= 0.3 is 6.09 Å². The van der Waals surface area contributed by atoms with Gasteiger partial charge in [0.25, 0.3) is 0 Å². The third-order valence-corrected chi connectivity index (χ3v) is 2.72. The van der Waals surface area contributed by atoms with Gasteiger partial charge in [-0.05, 0) is 69.3 Å². The minimum atomic E-state index is -0.539. The summed E-state index contributed by atoms with van der Waals surface area (Å²) in [5, 5.41) is 11.4. The van der Waals surface area contributed by atoms with Crippen LogP contribution in [0.3, 0.4) is 0 Å². The molecule has 118 valence electrons. The van der Waals surface area contributed by atoms with Crippen LogP contribution in [0.2, 0.25) is 0 Å². The molecule has 0 saturated heterocycles. The van der Waals surface area contributed by atoms with E-state index in [2.05, 4.69) is 11.4 Å². The molecule has 1 amide bonds. The molecule has 0 saturated carbocycles. The summed E-state index contributed by atoms with van der Waals surface area (Å²) in [6.45, 7) is 5.42. The van der Waals surface area contributed by atoms with Gasteiger partial charge < -0.3 is 9.47 Å². The first-order chi connectivity index (χ1) is 10.9. The van der Waals surface area contributed by atoms with Gasteiger partial charge in [-0.3, -0.25) is 5.32 Å². The molecule has 2 rings (SSSR count). The zero-order chi connectivity index (χ0) is 16.9. The van der Waals surface area contributed by atoms with Gasteiger partial charge in [0.2, 0.25) is 0 Å². The van der Waals surface area contributed by atoms with E-state index in [0.29, 0.717) is 22.7 Å². The lowest BCUT2D eigenvalue weighted by Crippen LogP contribution is -2.27. The second-order valence-corrected chi connectivity index (χ2v) is 5.89. The molecule has 0 aliphatic carbocycles. The molecule has 1 N–H and O–H groups in total. The molecule has 0 bridgehead atoms. The molecule has 2 aromatic carbocycles. The highest BCUT2D eigenvalue weighted by atomic mass is 16.6. The van der Waals surface area contributed by atoms with E-state index in [0.717, 1.165) is 0 Å². The molecule has 0 aromatic heterocycles. The van der Waals surface area contributed by atoms with Crippen molar-refractivity contribution in [3.05, 3.63) is 54.1 Å². The number of nitrogens with zero attached hydrogens (tertiary/aromatic N) is 1. The molecule has 0 fully saturated rings. The van der Waals surface area contributed by atoms with Crippen LogP contribution in [-0.4, -0.2) is 11.7 Å². The summed E-state index contributed by atoms with van der Waals surface area (Å²) < 4.78 is 10.8. The van der Waals surface area contributed by atoms with Crippen LogP contribution < -0.4 is 10.1 Å². The van der Waals surface area contributed by atoms with Crippen LogP contribution in [0, 0.1) is 11.3 Å². The average Bonchev–Trinajstić information content (AvgIpc) is 2.48. The number of benzene rings is 2. The van der Waals surface area contributed by atoms with E-state index >= 15 is 0 Å². The van der Waals surface area contributed by atoms with Crippen molar-refractivity contribution in [3.63, 3.8) is 0 Å². The second kappa shape index (κ2) is 6.84. The highest BCUT2D eigenvalue weighted by Gasteiger charge is 2.16. The molecule has 23 heavy (non-hydrogen) atoms. The molecule has 5 nitrogen and oxygen atoms in total. The lowest BCUT2D eigenvalue weighted by Gasteiger charge is -2.19. The fourth-order valence-corrected chi connectivity index (χ4v) is 1.76. The van der Waals surface area contributed by atoms with Crippen molar-refractivity contribution in [2.75, 3.05) is 5.32 Å². The van der Waals surface area contributed by atoms with Crippen LogP contribution in [0.15, 0.2) is 48.5 Å². The van der Waals surface area contributed by atoms with Crippen LogP contribution in [0.4, 0.5) is 10.5 Å². The number of rotatable bonds is 3. The van der Waals surface area contributed by atoms with E-state index in [1.165, 1.54) is 0 Å². The minimum Gasteiger partial charge on any atom is -0.457 e. The number of amides is 1. The number of nitriles is 1.